The van der Waals surface area contributed by atoms with Crippen LogP contribution in [-0.4, -0.2) is 17.4 Å². The summed E-state index contributed by atoms with van der Waals surface area (Å²) in [4.78, 5) is 17.0. The van der Waals surface area contributed by atoms with Gasteiger partial charge in [0.15, 0.2) is 0 Å². The van der Waals surface area contributed by atoms with Gasteiger partial charge in [0, 0.05) is 22.0 Å². The molecule has 3 aromatic rings. The molecule has 2 aromatic heterocycles. The van der Waals surface area contributed by atoms with E-state index >= 15 is 0 Å². The number of aryl methyl sites for hydroxylation is 1. The molecule has 0 unspecified atom stereocenters. The minimum absolute atomic E-state index is 0.125. The predicted molar refractivity (Wildman–Crippen MR) is 102 cm³/mol. The molecule has 0 radical (unpaired) electrons. The Morgan fingerprint density at radius 3 is 2.81 bits per heavy atom. The highest BCUT2D eigenvalue weighted by atomic mass is 32.1. The van der Waals surface area contributed by atoms with E-state index in [1.54, 1.807) is 41.9 Å². The van der Waals surface area contributed by atoms with Crippen LogP contribution in [0.3, 0.4) is 0 Å². The molecule has 0 bridgehead atoms. The van der Waals surface area contributed by atoms with Gasteiger partial charge in [0.1, 0.15) is 5.76 Å². The van der Waals surface area contributed by atoms with E-state index < -0.39 is 0 Å². The van der Waals surface area contributed by atoms with Crippen LogP contribution >= 0.6 is 11.3 Å². The molecule has 0 atom stereocenters. The molecule has 1 aromatic carbocycles. The maximum absolute atomic E-state index is 12.5. The average Bonchev–Trinajstić information content (AvgIpc) is 3.26. The Morgan fingerprint density at radius 1 is 1.23 bits per heavy atom. The second-order valence-electron chi connectivity index (χ2n) is 5.98. The number of nitrogens with one attached hydrogen (secondary N) is 1. The summed E-state index contributed by atoms with van der Waals surface area (Å²) in [6.45, 7) is 3.52. The van der Waals surface area contributed by atoms with E-state index in [1.165, 1.54) is 9.75 Å². The molecular weight excluding hydrogens is 346 g/mol. The third-order valence-electron chi connectivity index (χ3n) is 3.78. The summed E-state index contributed by atoms with van der Waals surface area (Å²) >= 11 is 1.72. The third-order valence-corrected chi connectivity index (χ3v) is 4.76. The Bertz CT molecular complexity index is 909. The van der Waals surface area contributed by atoms with Gasteiger partial charge in [-0.1, -0.05) is 6.07 Å². The Hall–Kier alpha value is -2.88. The number of thiophene rings is 1. The van der Waals surface area contributed by atoms with Gasteiger partial charge >= 0.3 is 0 Å². The highest BCUT2D eigenvalue weighted by molar-refractivity contribution is 7.11. The highest BCUT2D eigenvalue weighted by Crippen LogP contribution is 2.19. The summed E-state index contributed by atoms with van der Waals surface area (Å²) in [5.74, 6) is 0.692. The van der Waals surface area contributed by atoms with E-state index in [0.717, 1.165) is 5.76 Å². The normalized spacial score (nSPS) is 10.7. The molecule has 0 aliphatic heterocycles. The zero-order valence-corrected chi connectivity index (χ0v) is 15.3. The molecule has 5 nitrogen and oxygen atoms in total. The molecule has 0 spiro atoms. The van der Waals surface area contributed by atoms with Crippen molar-refractivity contribution in [1.82, 2.24) is 4.90 Å². The van der Waals surface area contributed by atoms with Crippen LogP contribution in [-0.2, 0) is 17.9 Å². The van der Waals surface area contributed by atoms with Crippen LogP contribution in [0.2, 0.25) is 0 Å². The summed E-state index contributed by atoms with van der Waals surface area (Å²) in [5, 5.41) is 11.8. The third kappa shape index (κ3) is 5.06. The number of anilines is 1. The zero-order chi connectivity index (χ0) is 18.4. The predicted octanol–water partition coefficient (Wildman–Crippen LogP) is 4.16. The molecule has 1 amide bonds. The molecule has 6 heteroatoms. The number of furan rings is 1. The lowest BCUT2D eigenvalue weighted by Crippen LogP contribution is -2.32. The largest absolute Gasteiger partial charge is 0.468 e. The fourth-order valence-electron chi connectivity index (χ4n) is 2.65. The van der Waals surface area contributed by atoms with Gasteiger partial charge < -0.3 is 9.73 Å². The molecule has 1 N–H and O–H groups in total. The molecule has 132 valence electrons. The molecular formula is C20H19N3O2S. The van der Waals surface area contributed by atoms with Crippen molar-refractivity contribution in [2.75, 3.05) is 11.9 Å². The van der Waals surface area contributed by atoms with Gasteiger partial charge in [-0.05, 0) is 49.4 Å². The average molecular weight is 365 g/mol. The van der Waals surface area contributed by atoms with Crippen molar-refractivity contribution < 1.29 is 9.21 Å². The number of nitriles is 1. The Balaban J connectivity index is 1.67. The topological polar surface area (TPSA) is 69.3 Å². The van der Waals surface area contributed by atoms with E-state index in [2.05, 4.69) is 30.4 Å². The van der Waals surface area contributed by atoms with Gasteiger partial charge in [-0.3, -0.25) is 9.69 Å². The van der Waals surface area contributed by atoms with Crippen molar-refractivity contribution in [2.24, 2.45) is 0 Å². The molecule has 0 fully saturated rings. The first-order chi connectivity index (χ1) is 12.6. The monoisotopic (exact) mass is 365 g/mol. The van der Waals surface area contributed by atoms with Gasteiger partial charge in [0.05, 0.1) is 31.0 Å². The van der Waals surface area contributed by atoms with E-state index in [4.69, 9.17) is 9.68 Å². The number of rotatable bonds is 7. The second-order valence-corrected chi connectivity index (χ2v) is 7.35. The number of hydrogen-bond acceptors (Lipinski definition) is 5. The van der Waals surface area contributed by atoms with E-state index in [1.807, 2.05) is 17.0 Å². The van der Waals surface area contributed by atoms with Gasteiger partial charge in [-0.15, -0.1) is 11.3 Å². The Morgan fingerprint density at radius 2 is 2.12 bits per heavy atom. The van der Waals surface area contributed by atoms with Gasteiger partial charge in [0.2, 0.25) is 5.91 Å². The van der Waals surface area contributed by atoms with Crippen molar-refractivity contribution in [2.45, 2.75) is 20.0 Å². The summed E-state index contributed by atoms with van der Waals surface area (Å²) in [5.41, 5.74) is 1.14. The molecule has 3 rings (SSSR count). The van der Waals surface area contributed by atoms with E-state index in [9.17, 15) is 4.79 Å². The van der Waals surface area contributed by atoms with Crippen molar-refractivity contribution in [1.29, 1.82) is 5.26 Å². The second kappa shape index (κ2) is 8.48. The van der Waals surface area contributed by atoms with Crippen LogP contribution in [0.1, 0.15) is 21.1 Å². The first kappa shape index (κ1) is 17.9. The number of carbonyl (C=O) groups excluding carboxylic acids is 1. The quantitative estimate of drug-likeness (QED) is 0.682. The van der Waals surface area contributed by atoms with Gasteiger partial charge in [-0.25, -0.2) is 0 Å². The molecule has 0 aliphatic carbocycles. The van der Waals surface area contributed by atoms with Crippen LogP contribution in [0.5, 0.6) is 0 Å². The summed E-state index contributed by atoms with van der Waals surface area (Å²) < 4.78 is 5.43. The molecule has 0 aliphatic rings. The van der Waals surface area contributed by atoms with Crippen LogP contribution in [0.4, 0.5) is 5.69 Å². The lowest BCUT2D eigenvalue weighted by molar-refractivity contribution is -0.117. The van der Waals surface area contributed by atoms with Crippen molar-refractivity contribution >= 4 is 22.9 Å². The van der Waals surface area contributed by atoms with Crippen LogP contribution < -0.4 is 5.32 Å². The summed E-state index contributed by atoms with van der Waals surface area (Å²) in [7, 11) is 0. The first-order valence-corrected chi connectivity index (χ1v) is 9.04. The number of amides is 1. The van der Waals surface area contributed by atoms with Crippen LogP contribution in [0, 0.1) is 18.3 Å². The fraction of sp³-hybridized carbons (Fsp3) is 0.200. The van der Waals surface area contributed by atoms with Crippen molar-refractivity contribution in [3.63, 3.8) is 0 Å². The minimum Gasteiger partial charge on any atom is -0.468 e. The number of carbonyl (C=O) groups is 1. The van der Waals surface area contributed by atoms with E-state index in [-0.39, 0.29) is 12.5 Å². The maximum atomic E-state index is 12.5. The lowest BCUT2D eigenvalue weighted by atomic mass is 10.2. The SMILES string of the molecule is Cc1ccc(CN(CC(=O)Nc2cccc(C#N)c2)Cc2ccco2)s1. The number of hydrogen-bond donors (Lipinski definition) is 1. The number of benzene rings is 1. The first-order valence-electron chi connectivity index (χ1n) is 8.22. The standard InChI is InChI=1S/C20H19N3O2S/c1-15-7-8-19(26-15)13-23(12-18-6-3-9-25-18)14-20(24)22-17-5-2-4-16(10-17)11-21/h2-10H,12-14H2,1H3,(H,22,24). The molecule has 0 saturated heterocycles. The maximum Gasteiger partial charge on any atom is 0.238 e. The zero-order valence-electron chi connectivity index (χ0n) is 14.4. The van der Waals surface area contributed by atoms with Gasteiger partial charge in [0.25, 0.3) is 0 Å². The Labute approximate surface area is 156 Å². The summed E-state index contributed by atoms with van der Waals surface area (Å²) in [6, 6.07) is 16.9. The van der Waals surface area contributed by atoms with Gasteiger partial charge in [-0.2, -0.15) is 5.26 Å². The van der Waals surface area contributed by atoms with Crippen molar-refractivity contribution in [3.05, 3.63) is 75.9 Å². The highest BCUT2D eigenvalue weighted by Gasteiger charge is 2.15. The number of nitrogens with zero attached hydrogens (tertiary/aromatic N) is 2. The minimum atomic E-state index is -0.125. The van der Waals surface area contributed by atoms with E-state index in [0.29, 0.717) is 24.3 Å². The van der Waals surface area contributed by atoms with Crippen LogP contribution in [0.25, 0.3) is 0 Å². The Kier molecular flexibility index (Phi) is 5.84. The smallest absolute Gasteiger partial charge is 0.238 e. The molecule has 26 heavy (non-hydrogen) atoms. The fourth-order valence-corrected chi connectivity index (χ4v) is 3.58. The molecule has 2 heterocycles. The van der Waals surface area contributed by atoms with Crippen LogP contribution in [0.15, 0.2) is 59.2 Å². The van der Waals surface area contributed by atoms with Crippen molar-refractivity contribution in [3.8, 4) is 6.07 Å². The molecule has 0 saturated carbocycles. The summed E-state index contributed by atoms with van der Waals surface area (Å²) in [6.07, 6.45) is 1.64. The lowest BCUT2D eigenvalue weighted by Gasteiger charge is -2.20.